The van der Waals surface area contributed by atoms with Crippen LogP contribution in [0.25, 0.3) is 0 Å². The smallest absolute Gasteiger partial charge is 0.408 e. The summed E-state index contributed by atoms with van der Waals surface area (Å²) in [4.78, 5) is 49.5. The number of aliphatic hydroxyl groups is 1. The van der Waals surface area contributed by atoms with Gasteiger partial charge in [-0.25, -0.2) is 15.0 Å². The molecule has 0 saturated heterocycles. The maximum absolute atomic E-state index is 13.2. The second kappa shape index (κ2) is 18.2. The lowest BCUT2D eigenvalue weighted by Gasteiger charge is -2.21. The zero-order chi connectivity index (χ0) is 33.5. The first kappa shape index (κ1) is 35.6. The van der Waals surface area contributed by atoms with Gasteiger partial charge in [0, 0.05) is 6.42 Å². The van der Waals surface area contributed by atoms with Gasteiger partial charge in [-0.2, -0.15) is 5.10 Å². The van der Waals surface area contributed by atoms with E-state index in [1.165, 1.54) is 18.3 Å². The predicted molar refractivity (Wildman–Crippen MR) is 174 cm³/mol. The normalized spacial score (nSPS) is 12.1. The molecule has 3 aromatic carbocycles. The van der Waals surface area contributed by atoms with Gasteiger partial charge in [0.15, 0.2) is 18.1 Å². The molecule has 6 N–H and O–H groups in total. The molecule has 15 heteroatoms. The number of alkyl carbamates (subject to hydrolysis) is 1. The monoisotopic (exact) mass is 748 g/mol. The number of nitrogens with zero attached hydrogens (tertiary/aromatic N) is 1. The fourth-order valence-electron chi connectivity index (χ4n) is 3.90. The topological polar surface area (TPSA) is 205 Å². The van der Waals surface area contributed by atoms with E-state index < -0.39 is 49.2 Å². The Kier molecular flexibility index (Phi) is 14.0. The number of halogens is 1. The summed E-state index contributed by atoms with van der Waals surface area (Å²) in [5.41, 5.74) is 4.17. The molecule has 14 nitrogen and oxygen atoms in total. The number of carbonyl (C=O) groups excluding carboxylic acids is 3. The van der Waals surface area contributed by atoms with Crippen LogP contribution in [0, 0.1) is 3.57 Å². The van der Waals surface area contributed by atoms with Crippen molar-refractivity contribution in [3.05, 3.63) is 87.0 Å². The van der Waals surface area contributed by atoms with E-state index in [0.717, 1.165) is 5.56 Å². The summed E-state index contributed by atoms with van der Waals surface area (Å²) in [5, 5.41) is 37.2. The van der Waals surface area contributed by atoms with Gasteiger partial charge in [-0.1, -0.05) is 42.5 Å². The molecule has 46 heavy (non-hydrogen) atoms. The fraction of sp³-hybridized carbons (Fsp3) is 0.258. The molecule has 0 heterocycles. The summed E-state index contributed by atoms with van der Waals surface area (Å²) >= 11 is 1.96. The number of carboxylic acids is 1. The van der Waals surface area contributed by atoms with E-state index in [1.807, 2.05) is 28.7 Å². The summed E-state index contributed by atoms with van der Waals surface area (Å²) in [6.45, 7) is 0.644. The largest absolute Gasteiger partial charge is 0.508 e. The molecule has 0 radical (unpaired) electrons. The van der Waals surface area contributed by atoms with Crippen LogP contribution in [0.15, 0.2) is 71.8 Å². The number of aromatic hydroxyl groups is 1. The first-order valence-corrected chi connectivity index (χ1v) is 15.0. The quantitative estimate of drug-likeness (QED) is 0.0717. The first-order chi connectivity index (χ1) is 22.1. The van der Waals surface area contributed by atoms with E-state index in [-0.39, 0.29) is 36.9 Å². The Balaban J connectivity index is 1.71. The number of aliphatic carboxylic acids is 1. The molecule has 0 unspecified atom stereocenters. The number of phenols is 1. The number of nitrogens with one attached hydrogen (secondary N) is 3. The van der Waals surface area contributed by atoms with Gasteiger partial charge in [-0.05, 0) is 70.5 Å². The number of phenolic OH excluding ortho intramolecular Hbond substituents is 1. The number of benzene rings is 3. The van der Waals surface area contributed by atoms with Gasteiger partial charge < -0.3 is 40.2 Å². The maximum Gasteiger partial charge on any atom is 0.408 e. The number of hydrogen-bond acceptors (Lipinski definition) is 10. The maximum atomic E-state index is 13.2. The van der Waals surface area contributed by atoms with E-state index in [0.29, 0.717) is 14.7 Å². The van der Waals surface area contributed by atoms with E-state index in [4.69, 9.17) is 19.3 Å². The minimum Gasteiger partial charge on any atom is -0.508 e. The molecular weight excluding hydrogens is 715 g/mol. The summed E-state index contributed by atoms with van der Waals surface area (Å²) in [6, 6.07) is 15.4. The van der Waals surface area contributed by atoms with Crippen molar-refractivity contribution in [2.75, 3.05) is 19.8 Å². The van der Waals surface area contributed by atoms with Crippen LogP contribution < -0.4 is 25.5 Å². The van der Waals surface area contributed by atoms with E-state index in [1.54, 1.807) is 55.5 Å². The highest BCUT2D eigenvalue weighted by Crippen LogP contribution is 2.34. The number of hydrazone groups is 1. The summed E-state index contributed by atoms with van der Waals surface area (Å²) in [6.07, 6.45) is 0.359. The Labute approximate surface area is 277 Å². The lowest BCUT2D eigenvalue weighted by atomic mass is 10.0. The van der Waals surface area contributed by atoms with Crippen LogP contribution in [0.1, 0.15) is 23.6 Å². The van der Waals surface area contributed by atoms with Gasteiger partial charge in [0.2, 0.25) is 5.91 Å². The molecule has 3 aromatic rings. The van der Waals surface area contributed by atoms with Crippen molar-refractivity contribution in [3.63, 3.8) is 0 Å². The van der Waals surface area contributed by atoms with E-state index >= 15 is 0 Å². The molecule has 0 aliphatic carbocycles. The van der Waals surface area contributed by atoms with Crippen molar-refractivity contribution < 1.29 is 48.7 Å². The molecule has 0 aliphatic heterocycles. The Hall–Kier alpha value is -4.90. The van der Waals surface area contributed by atoms with E-state index in [2.05, 4.69) is 21.2 Å². The molecule has 2 atom stereocenters. The number of hydrogen-bond donors (Lipinski definition) is 6. The van der Waals surface area contributed by atoms with E-state index in [9.17, 15) is 29.4 Å². The molecule has 3 amide bonds. The van der Waals surface area contributed by atoms with Crippen LogP contribution >= 0.6 is 22.6 Å². The number of carboxylic acid groups (broad SMARTS) is 1. The van der Waals surface area contributed by atoms with Gasteiger partial charge in [0.1, 0.15) is 24.4 Å². The first-order valence-electron chi connectivity index (χ1n) is 13.9. The van der Waals surface area contributed by atoms with Crippen LogP contribution in [-0.2, 0) is 32.1 Å². The van der Waals surface area contributed by atoms with Crippen molar-refractivity contribution in [2.45, 2.75) is 32.0 Å². The highest BCUT2D eigenvalue weighted by Gasteiger charge is 2.27. The highest BCUT2D eigenvalue weighted by molar-refractivity contribution is 14.1. The number of carbonyl (C=O) groups is 4. The third kappa shape index (κ3) is 11.6. The Morgan fingerprint density at radius 3 is 2.30 bits per heavy atom. The van der Waals surface area contributed by atoms with Gasteiger partial charge in [-0.3, -0.25) is 9.59 Å². The van der Waals surface area contributed by atoms with Gasteiger partial charge in [0.25, 0.3) is 5.91 Å². The number of amides is 3. The van der Waals surface area contributed by atoms with Crippen molar-refractivity contribution in [1.29, 1.82) is 0 Å². The average Bonchev–Trinajstić information content (AvgIpc) is 3.03. The lowest BCUT2D eigenvalue weighted by molar-refractivity contribution is -0.139. The van der Waals surface area contributed by atoms with Crippen LogP contribution in [0.2, 0.25) is 0 Å². The van der Waals surface area contributed by atoms with Crippen molar-refractivity contribution >= 4 is 52.7 Å². The Morgan fingerprint density at radius 2 is 1.65 bits per heavy atom. The molecule has 0 aromatic heterocycles. The fourth-order valence-corrected chi connectivity index (χ4v) is 4.68. The summed E-state index contributed by atoms with van der Waals surface area (Å²) < 4.78 is 16.6. The second-order valence-corrected chi connectivity index (χ2v) is 10.7. The minimum absolute atomic E-state index is 0.0115. The Morgan fingerprint density at radius 1 is 0.935 bits per heavy atom. The van der Waals surface area contributed by atoms with Crippen LogP contribution in [-0.4, -0.2) is 77.3 Å². The summed E-state index contributed by atoms with van der Waals surface area (Å²) in [7, 11) is 0. The van der Waals surface area contributed by atoms with Crippen LogP contribution in [0.3, 0.4) is 0 Å². The van der Waals surface area contributed by atoms with Gasteiger partial charge in [-0.15, -0.1) is 0 Å². The molecule has 0 bridgehead atoms. The van der Waals surface area contributed by atoms with Crippen LogP contribution in [0.5, 0.6) is 17.2 Å². The number of rotatable bonds is 16. The zero-order valence-electron chi connectivity index (χ0n) is 24.6. The SMILES string of the molecule is CCOc1cc(/C=N\NC(=O)[C@H](Cc2ccc(O)cc2)NC(=O)[C@H](CO)NC(=O)OCc2ccccc2)cc(I)c1OCC(=O)O. The molecule has 0 saturated carbocycles. The average molecular weight is 749 g/mol. The number of ether oxygens (including phenoxy) is 3. The zero-order valence-corrected chi connectivity index (χ0v) is 26.8. The molecule has 0 aliphatic rings. The Bertz CT molecular complexity index is 1520. The third-order valence-corrected chi connectivity index (χ3v) is 6.87. The minimum atomic E-state index is -1.43. The van der Waals surface area contributed by atoms with Gasteiger partial charge >= 0.3 is 12.1 Å². The molecule has 0 fully saturated rings. The standard InChI is InChI=1S/C31H33IN4O10/c1-2-44-26-14-21(12-23(32)28(26)45-18-27(39)40)15-33-36-30(42)24(13-19-8-10-22(38)11-9-19)34-29(41)25(16-37)35-31(43)46-17-20-6-4-3-5-7-20/h3-12,14-15,24-25,37-38H,2,13,16-18H2,1H3,(H,34,41)(H,35,43)(H,36,42)(H,39,40)/b33-15-/t24-,25-/m0/s1. The highest BCUT2D eigenvalue weighted by atomic mass is 127. The van der Waals surface area contributed by atoms with Crippen molar-refractivity contribution in [1.82, 2.24) is 16.1 Å². The van der Waals surface area contributed by atoms with Crippen LogP contribution in [0.4, 0.5) is 4.79 Å². The van der Waals surface area contributed by atoms with Crippen molar-refractivity contribution in [2.24, 2.45) is 5.10 Å². The predicted octanol–water partition coefficient (Wildman–Crippen LogP) is 2.32. The molecular formula is C31H33IN4O10. The molecule has 3 rings (SSSR count). The summed E-state index contributed by atoms with van der Waals surface area (Å²) in [5.74, 6) is -2.18. The third-order valence-electron chi connectivity index (χ3n) is 6.07. The van der Waals surface area contributed by atoms with Crippen molar-refractivity contribution in [3.8, 4) is 17.2 Å². The molecule has 0 spiro atoms. The molecule has 244 valence electrons. The lowest BCUT2D eigenvalue weighted by Crippen LogP contribution is -2.55. The van der Waals surface area contributed by atoms with Gasteiger partial charge in [0.05, 0.1) is 23.0 Å². The number of aliphatic hydroxyl groups excluding tert-OH is 1. The second-order valence-electron chi connectivity index (χ2n) is 9.55.